The Morgan fingerprint density at radius 3 is 2.43 bits per heavy atom. The summed E-state index contributed by atoms with van der Waals surface area (Å²) in [6.45, 7) is 1.90. The summed E-state index contributed by atoms with van der Waals surface area (Å²) in [5, 5.41) is 0. The van der Waals surface area contributed by atoms with Crippen molar-refractivity contribution >= 4 is 37.6 Å². The fraction of sp³-hybridized carbons (Fsp3) is 0.133. The number of carbonyl (C=O) groups is 1. The van der Waals surface area contributed by atoms with Crippen molar-refractivity contribution in [2.45, 2.75) is 11.8 Å². The molecule has 2 aromatic rings. The highest BCUT2D eigenvalue weighted by molar-refractivity contribution is 9.10. The standard InChI is InChI=1S/C15H13BrFNO4S/c1-2-22-15(19)10-3-6-12(7-4-10)23(20,21)18-14-8-5-11(16)9-13(14)17/h3-9,18H,2H2,1H3. The molecule has 0 aliphatic heterocycles. The summed E-state index contributed by atoms with van der Waals surface area (Å²) < 4.78 is 45.7. The lowest BCUT2D eigenvalue weighted by atomic mass is 10.2. The van der Waals surface area contributed by atoms with Gasteiger partial charge in [-0.2, -0.15) is 0 Å². The monoisotopic (exact) mass is 401 g/mol. The van der Waals surface area contributed by atoms with Crippen molar-refractivity contribution in [2.24, 2.45) is 0 Å². The quantitative estimate of drug-likeness (QED) is 0.777. The molecule has 0 radical (unpaired) electrons. The fourth-order valence-electron chi connectivity index (χ4n) is 1.76. The average Bonchev–Trinajstić information content (AvgIpc) is 2.50. The number of esters is 1. The van der Waals surface area contributed by atoms with Gasteiger partial charge < -0.3 is 4.74 Å². The number of sulfonamides is 1. The summed E-state index contributed by atoms with van der Waals surface area (Å²) >= 11 is 3.09. The molecule has 0 fully saturated rings. The van der Waals surface area contributed by atoms with Crippen LogP contribution >= 0.6 is 15.9 Å². The van der Waals surface area contributed by atoms with E-state index in [0.717, 1.165) is 6.07 Å². The van der Waals surface area contributed by atoms with Crippen molar-refractivity contribution < 1.29 is 22.3 Å². The maximum atomic E-state index is 13.7. The molecule has 2 rings (SSSR count). The van der Waals surface area contributed by atoms with E-state index in [1.54, 1.807) is 6.92 Å². The zero-order chi connectivity index (χ0) is 17.0. The number of benzene rings is 2. The molecule has 5 nitrogen and oxygen atoms in total. The van der Waals surface area contributed by atoms with Crippen LogP contribution in [0.2, 0.25) is 0 Å². The summed E-state index contributed by atoms with van der Waals surface area (Å²) in [5.74, 6) is -1.24. The lowest BCUT2D eigenvalue weighted by molar-refractivity contribution is 0.0526. The minimum Gasteiger partial charge on any atom is -0.462 e. The molecule has 0 aromatic heterocycles. The van der Waals surface area contributed by atoms with Crippen LogP contribution in [-0.2, 0) is 14.8 Å². The average molecular weight is 402 g/mol. The van der Waals surface area contributed by atoms with Gasteiger partial charge in [0, 0.05) is 4.47 Å². The predicted molar refractivity (Wildman–Crippen MR) is 87.3 cm³/mol. The van der Waals surface area contributed by atoms with E-state index in [1.807, 2.05) is 0 Å². The Balaban J connectivity index is 2.24. The third-order valence-electron chi connectivity index (χ3n) is 2.85. The number of ether oxygens (including phenoxy) is 1. The van der Waals surface area contributed by atoms with Crippen molar-refractivity contribution in [3.63, 3.8) is 0 Å². The number of nitrogens with one attached hydrogen (secondary N) is 1. The predicted octanol–water partition coefficient (Wildman–Crippen LogP) is 3.57. The van der Waals surface area contributed by atoms with Crippen LogP contribution in [0.5, 0.6) is 0 Å². The SMILES string of the molecule is CCOC(=O)c1ccc(S(=O)(=O)Nc2ccc(Br)cc2F)cc1. The van der Waals surface area contributed by atoms with Crippen LogP contribution in [0.1, 0.15) is 17.3 Å². The van der Waals surface area contributed by atoms with Gasteiger partial charge in [-0.15, -0.1) is 0 Å². The molecule has 122 valence electrons. The summed E-state index contributed by atoms with van der Waals surface area (Å²) in [6.07, 6.45) is 0. The number of hydrogen-bond acceptors (Lipinski definition) is 4. The van der Waals surface area contributed by atoms with E-state index in [-0.39, 0.29) is 22.8 Å². The molecule has 0 heterocycles. The molecule has 0 unspecified atom stereocenters. The molecule has 0 saturated heterocycles. The van der Waals surface area contributed by atoms with E-state index < -0.39 is 21.8 Å². The van der Waals surface area contributed by atoms with Crippen LogP contribution in [0.3, 0.4) is 0 Å². The molecule has 0 amide bonds. The van der Waals surface area contributed by atoms with Crippen molar-refractivity contribution in [1.29, 1.82) is 0 Å². The number of rotatable bonds is 5. The summed E-state index contributed by atoms with van der Waals surface area (Å²) in [6, 6.07) is 9.17. The van der Waals surface area contributed by atoms with E-state index >= 15 is 0 Å². The smallest absolute Gasteiger partial charge is 0.338 e. The number of carbonyl (C=O) groups excluding carboxylic acids is 1. The van der Waals surface area contributed by atoms with Crippen LogP contribution in [0.4, 0.5) is 10.1 Å². The highest BCUT2D eigenvalue weighted by Gasteiger charge is 2.17. The van der Waals surface area contributed by atoms with Gasteiger partial charge in [-0.1, -0.05) is 15.9 Å². The first-order valence-electron chi connectivity index (χ1n) is 6.58. The zero-order valence-corrected chi connectivity index (χ0v) is 14.4. The van der Waals surface area contributed by atoms with Gasteiger partial charge >= 0.3 is 5.97 Å². The fourth-order valence-corrected chi connectivity index (χ4v) is 3.16. The second-order valence-electron chi connectivity index (χ2n) is 4.47. The minimum absolute atomic E-state index is 0.0899. The molecule has 23 heavy (non-hydrogen) atoms. The first-order valence-corrected chi connectivity index (χ1v) is 8.86. The van der Waals surface area contributed by atoms with Crippen molar-refractivity contribution in [3.05, 3.63) is 58.3 Å². The van der Waals surface area contributed by atoms with Gasteiger partial charge in [0.2, 0.25) is 0 Å². The topological polar surface area (TPSA) is 72.5 Å². The molecular weight excluding hydrogens is 389 g/mol. The van der Waals surface area contributed by atoms with Crippen LogP contribution in [0, 0.1) is 5.82 Å². The van der Waals surface area contributed by atoms with Crippen LogP contribution < -0.4 is 4.72 Å². The van der Waals surface area contributed by atoms with Crippen LogP contribution in [-0.4, -0.2) is 21.0 Å². The Kier molecular flexibility index (Phi) is 5.38. The molecule has 0 aliphatic carbocycles. The summed E-state index contributed by atoms with van der Waals surface area (Å²) in [4.78, 5) is 11.4. The van der Waals surface area contributed by atoms with E-state index in [4.69, 9.17) is 4.74 Å². The molecular formula is C15H13BrFNO4S. The van der Waals surface area contributed by atoms with Crippen molar-refractivity contribution in [1.82, 2.24) is 0 Å². The maximum Gasteiger partial charge on any atom is 0.338 e. The third kappa shape index (κ3) is 4.29. The van der Waals surface area contributed by atoms with Gasteiger partial charge in [-0.25, -0.2) is 17.6 Å². The molecule has 1 N–H and O–H groups in total. The highest BCUT2D eigenvalue weighted by Crippen LogP contribution is 2.22. The highest BCUT2D eigenvalue weighted by atomic mass is 79.9. The normalized spacial score (nSPS) is 11.1. The Labute approximate surface area is 141 Å². The summed E-state index contributed by atoms with van der Waals surface area (Å²) in [7, 11) is -3.96. The summed E-state index contributed by atoms with van der Waals surface area (Å²) in [5.41, 5.74) is 0.0725. The number of hydrogen-bond donors (Lipinski definition) is 1. The Morgan fingerprint density at radius 1 is 1.22 bits per heavy atom. The van der Waals surface area contributed by atoms with Gasteiger partial charge in [0.25, 0.3) is 10.0 Å². The molecule has 0 bridgehead atoms. The Morgan fingerprint density at radius 2 is 1.87 bits per heavy atom. The lowest BCUT2D eigenvalue weighted by Gasteiger charge is -2.09. The van der Waals surface area contributed by atoms with E-state index in [0.29, 0.717) is 4.47 Å². The van der Waals surface area contributed by atoms with Crippen LogP contribution in [0.25, 0.3) is 0 Å². The van der Waals surface area contributed by atoms with Gasteiger partial charge in [-0.05, 0) is 49.4 Å². The number of anilines is 1. The van der Waals surface area contributed by atoms with E-state index in [1.165, 1.54) is 36.4 Å². The lowest BCUT2D eigenvalue weighted by Crippen LogP contribution is -2.14. The molecule has 2 aromatic carbocycles. The molecule has 0 saturated carbocycles. The largest absolute Gasteiger partial charge is 0.462 e. The number of halogens is 2. The van der Waals surface area contributed by atoms with E-state index in [2.05, 4.69) is 20.7 Å². The minimum atomic E-state index is -3.96. The Bertz CT molecular complexity index is 822. The first-order chi connectivity index (χ1) is 10.8. The first kappa shape index (κ1) is 17.4. The molecule has 0 aliphatic rings. The molecule has 0 atom stereocenters. The zero-order valence-electron chi connectivity index (χ0n) is 12.0. The van der Waals surface area contributed by atoms with Gasteiger partial charge in [0.15, 0.2) is 0 Å². The van der Waals surface area contributed by atoms with Gasteiger partial charge in [0.05, 0.1) is 22.8 Å². The van der Waals surface area contributed by atoms with Gasteiger partial charge in [0.1, 0.15) is 5.82 Å². The Hall–Kier alpha value is -1.93. The van der Waals surface area contributed by atoms with Crippen LogP contribution in [0.15, 0.2) is 51.8 Å². The maximum absolute atomic E-state index is 13.7. The second kappa shape index (κ2) is 7.10. The molecule has 8 heteroatoms. The van der Waals surface area contributed by atoms with E-state index in [9.17, 15) is 17.6 Å². The van der Waals surface area contributed by atoms with Gasteiger partial charge in [-0.3, -0.25) is 4.72 Å². The molecule has 0 spiro atoms. The van der Waals surface area contributed by atoms with Crippen molar-refractivity contribution in [3.8, 4) is 0 Å². The second-order valence-corrected chi connectivity index (χ2v) is 7.07. The third-order valence-corrected chi connectivity index (χ3v) is 4.73. The van der Waals surface area contributed by atoms with Crippen molar-refractivity contribution in [2.75, 3.05) is 11.3 Å².